The van der Waals surface area contributed by atoms with Crippen molar-refractivity contribution in [2.24, 2.45) is 0 Å². The molecule has 24 heavy (non-hydrogen) atoms. The summed E-state index contributed by atoms with van der Waals surface area (Å²) in [6, 6.07) is 10.4. The molecule has 0 atom stereocenters. The fourth-order valence-corrected chi connectivity index (χ4v) is 2.83. The highest BCUT2D eigenvalue weighted by Gasteiger charge is 2.05. The number of rotatable bonds is 8. The molecule has 0 aliphatic carbocycles. The maximum atomic E-state index is 4.36. The summed E-state index contributed by atoms with van der Waals surface area (Å²) in [5.41, 5.74) is 2.52. The first-order chi connectivity index (χ1) is 11.8. The Morgan fingerprint density at radius 2 is 2.08 bits per heavy atom. The van der Waals surface area contributed by atoms with Crippen molar-refractivity contribution in [2.75, 3.05) is 30.4 Å². The van der Waals surface area contributed by atoms with Gasteiger partial charge in [-0.1, -0.05) is 31.5 Å². The van der Waals surface area contributed by atoms with E-state index >= 15 is 0 Å². The van der Waals surface area contributed by atoms with Crippen LogP contribution in [0.15, 0.2) is 42.9 Å². The van der Waals surface area contributed by atoms with Gasteiger partial charge in [0.15, 0.2) is 0 Å². The highest BCUT2D eigenvalue weighted by molar-refractivity contribution is 5.83. The summed E-state index contributed by atoms with van der Waals surface area (Å²) in [7, 11) is 2.08. The van der Waals surface area contributed by atoms with Crippen molar-refractivity contribution in [2.45, 2.75) is 26.2 Å². The van der Waals surface area contributed by atoms with Crippen molar-refractivity contribution in [1.82, 2.24) is 15.0 Å². The summed E-state index contributed by atoms with van der Waals surface area (Å²) in [5, 5.41) is 4.70. The molecule has 5 nitrogen and oxygen atoms in total. The molecule has 3 rings (SSSR count). The molecule has 2 heterocycles. The molecule has 0 aliphatic rings. The average Bonchev–Trinajstić information content (AvgIpc) is 3.03. The van der Waals surface area contributed by atoms with Gasteiger partial charge in [0.1, 0.15) is 18.0 Å². The molecule has 3 aromatic rings. The molecule has 0 saturated carbocycles. The van der Waals surface area contributed by atoms with Gasteiger partial charge in [0.05, 0.1) is 0 Å². The minimum absolute atomic E-state index is 0.844. The summed E-state index contributed by atoms with van der Waals surface area (Å²) >= 11 is 0. The Labute approximate surface area is 143 Å². The molecule has 2 aromatic heterocycles. The van der Waals surface area contributed by atoms with Gasteiger partial charge in [0.25, 0.3) is 0 Å². The smallest absolute Gasteiger partial charge is 0.133 e. The number of benzene rings is 1. The Kier molecular flexibility index (Phi) is 5.31. The van der Waals surface area contributed by atoms with Crippen molar-refractivity contribution < 1.29 is 0 Å². The third-order valence-corrected chi connectivity index (χ3v) is 4.27. The molecular formula is C19H25N5. The lowest BCUT2D eigenvalue weighted by atomic mass is 10.1. The summed E-state index contributed by atoms with van der Waals surface area (Å²) in [6.07, 6.45) is 7.03. The highest BCUT2D eigenvalue weighted by Crippen LogP contribution is 2.18. The SMILES string of the molecule is CCCCN(C)c1cc(NCCc2c[nH]c3ccccc23)ncn1. The average molecular weight is 323 g/mol. The Balaban J connectivity index is 1.58. The predicted octanol–water partition coefficient (Wildman–Crippen LogP) is 3.85. The monoisotopic (exact) mass is 323 g/mol. The second-order valence-corrected chi connectivity index (χ2v) is 6.07. The number of anilines is 2. The first kappa shape index (κ1) is 16.3. The standard InChI is InChI=1S/C19H25N5/c1-3-4-11-24(2)19-12-18(22-14-23-19)20-10-9-15-13-21-17-8-6-5-7-16(15)17/h5-8,12-14,21H,3-4,9-11H2,1-2H3,(H,20,22,23). The van der Waals surface area contributed by atoms with Gasteiger partial charge in [-0.2, -0.15) is 0 Å². The predicted molar refractivity (Wildman–Crippen MR) is 101 cm³/mol. The Morgan fingerprint density at radius 3 is 2.96 bits per heavy atom. The van der Waals surface area contributed by atoms with Crippen molar-refractivity contribution in [3.05, 3.63) is 48.4 Å². The molecule has 0 amide bonds. The number of aromatic amines is 1. The molecule has 0 unspecified atom stereocenters. The summed E-state index contributed by atoms with van der Waals surface area (Å²) < 4.78 is 0. The van der Waals surface area contributed by atoms with E-state index in [1.165, 1.54) is 29.3 Å². The lowest BCUT2D eigenvalue weighted by Gasteiger charge is -2.18. The van der Waals surface area contributed by atoms with Crippen molar-refractivity contribution in [3.63, 3.8) is 0 Å². The zero-order valence-corrected chi connectivity index (χ0v) is 14.4. The van der Waals surface area contributed by atoms with E-state index in [1.54, 1.807) is 6.33 Å². The van der Waals surface area contributed by atoms with Gasteiger partial charge in [-0.15, -0.1) is 0 Å². The van der Waals surface area contributed by atoms with Gasteiger partial charge in [0, 0.05) is 43.3 Å². The molecule has 126 valence electrons. The third kappa shape index (κ3) is 3.85. The number of hydrogen-bond acceptors (Lipinski definition) is 4. The number of H-pyrrole nitrogens is 1. The maximum Gasteiger partial charge on any atom is 0.133 e. The Bertz CT molecular complexity index is 780. The van der Waals surface area contributed by atoms with Crippen molar-refractivity contribution in [3.8, 4) is 0 Å². The molecule has 0 spiro atoms. The first-order valence-electron chi connectivity index (χ1n) is 8.60. The van der Waals surface area contributed by atoms with Crippen LogP contribution in [0.25, 0.3) is 10.9 Å². The van der Waals surface area contributed by atoms with Gasteiger partial charge >= 0.3 is 0 Å². The van der Waals surface area contributed by atoms with E-state index in [0.29, 0.717) is 0 Å². The van der Waals surface area contributed by atoms with E-state index in [-0.39, 0.29) is 0 Å². The molecule has 0 fully saturated rings. The normalized spacial score (nSPS) is 10.9. The zero-order valence-electron chi connectivity index (χ0n) is 14.4. The number of nitrogens with one attached hydrogen (secondary N) is 2. The third-order valence-electron chi connectivity index (χ3n) is 4.27. The molecule has 5 heteroatoms. The van der Waals surface area contributed by atoms with Gasteiger partial charge in [-0.3, -0.25) is 0 Å². The van der Waals surface area contributed by atoms with Gasteiger partial charge in [-0.25, -0.2) is 9.97 Å². The van der Waals surface area contributed by atoms with Crippen LogP contribution in [0.5, 0.6) is 0 Å². The van der Waals surface area contributed by atoms with E-state index in [2.05, 4.69) is 69.6 Å². The van der Waals surface area contributed by atoms with Gasteiger partial charge in [-0.05, 0) is 24.5 Å². The minimum atomic E-state index is 0.844. The second kappa shape index (κ2) is 7.81. The topological polar surface area (TPSA) is 56.8 Å². The van der Waals surface area contributed by atoms with Crippen LogP contribution in [0.2, 0.25) is 0 Å². The number of unbranched alkanes of at least 4 members (excludes halogenated alkanes) is 1. The van der Waals surface area contributed by atoms with Crippen LogP contribution < -0.4 is 10.2 Å². The van der Waals surface area contributed by atoms with Crippen LogP contribution in [-0.2, 0) is 6.42 Å². The molecule has 0 saturated heterocycles. The Hall–Kier alpha value is -2.56. The summed E-state index contributed by atoms with van der Waals surface area (Å²) in [5.74, 6) is 1.84. The van der Waals surface area contributed by atoms with Crippen molar-refractivity contribution in [1.29, 1.82) is 0 Å². The fraction of sp³-hybridized carbons (Fsp3) is 0.368. The van der Waals surface area contributed by atoms with Crippen LogP contribution in [0, 0.1) is 0 Å². The fourth-order valence-electron chi connectivity index (χ4n) is 2.83. The van der Waals surface area contributed by atoms with E-state index in [0.717, 1.165) is 31.1 Å². The lowest BCUT2D eigenvalue weighted by Crippen LogP contribution is -2.20. The van der Waals surface area contributed by atoms with Crippen LogP contribution in [0.4, 0.5) is 11.6 Å². The minimum Gasteiger partial charge on any atom is -0.370 e. The van der Waals surface area contributed by atoms with E-state index in [9.17, 15) is 0 Å². The number of aromatic nitrogens is 3. The number of para-hydroxylation sites is 1. The Morgan fingerprint density at radius 1 is 1.21 bits per heavy atom. The van der Waals surface area contributed by atoms with Crippen LogP contribution >= 0.6 is 0 Å². The maximum absolute atomic E-state index is 4.36. The largest absolute Gasteiger partial charge is 0.370 e. The molecule has 0 radical (unpaired) electrons. The zero-order chi connectivity index (χ0) is 16.8. The number of hydrogen-bond donors (Lipinski definition) is 2. The molecule has 1 aromatic carbocycles. The molecule has 2 N–H and O–H groups in total. The summed E-state index contributed by atoms with van der Waals surface area (Å²) in [6.45, 7) is 4.06. The molecule has 0 aliphatic heterocycles. The van der Waals surface area contributed by atoms with Crippen molar-refractivity contribution >= 4 is 22.5 Å². The first-order valence-corrected chi connectivity index (χ1v) is 8.60. The van der Waals surface area contributed by atoms with E-state index < -0.39 is 0 Å². The second-order valence-electron chi connectivity index (χ2n) is 6.07. The van der Waals surface area contributed by atoms with Crippen LogP contribution in [-0.4, -0.2) is 35.1 Å². The van der Waals surface area contributed by atoms with Gasteiger partial charge in [0.2, 0.25) is 0 Å². The van der Waals surface area contributed by atoms with E-state index in [1.807, 2.05) is 6.07 Å². The van der Waals surface area contributed by atoms with E-state index in [4.69, 9.17) is 0 Å². The summed E-state index contributed by atoms with van der Waals surface area (Å²) in [4.78, 5) is 14.2. The van der Waals surface area contributed by atoms with Crippen LogP contribution in [0.3, 0.4) is 0 Å². The molecular weight excluding hydrogens is 298 g/mol. The quantitative estimate of drug-likeness (QED) is 0.661. The number of fused-ring (bicyclic) bond motifs is 1. The number of nitrogens with zero attached hydrogens (tertiary/aromatic N) is 3. The highest BCUT2D eigenvalue weighted by atomic mass is 15.2. The van der Waals surface area contributed by atoms with Gasteiger partial charge < -0.3 is 15.2 Å². The molecule has 0 bridgehead atoms. The lowest BCUT2D eigenvalue weighted by molar-refractivity contribution is 0.758. The van der Waals surface area contributed by atoms with Crippen LogP contribution in [0.1, 0.15) is 25.3 Å².